The monoisotopic (exact) mass is 196 g/mol. The minimum Gasteiger partial charge on any atom is -0.341 e. The summed E-state index contributed by atoms with van der Waals surface area (Å²) in [6.07, 6.45) is 0. The quantitative estimate of drug-likeness (QED) is 0.657. The van der Waals surface area contributed by atoms with Crippen molar-refractivity contribution in [3.63, 3.8) is 0 Å². The summed E-state index contributed by atoms with van der Waals surface area (Å²) < 4.78 is 0. The van der Waals surface area contributed by atoms with Gasteiger partial charge in [-0.25, -0.2) is 0 Å². The van der Waals surface area contributed by atoms with E-state index in [2.05, 4.69) is 17.2 Å². The Morgan fingerprint density at radius 2 is 2.21 bits per heavy atom. The highest BCUT2D eigenvalue weighted by atomic mass is 16.2. The zero-order valence-corrected chi connectivity index (χ0v) is 9.55. The van der Waals surface area contributed by atoms with E-state index in [1.165, 1.54) is 0 Å². The fraction of sp³-hybridized carbons (Fsp3) is 0.727. The van der Waals surface area contributed by atoms with Crippen LogP contribution in [0.4, 0.5) is 0 Å². The Labute approximate surface area is 86.9 Å². The highest BCUT2D eigenvalue weighted by Crippen LogP contribution is 1.98. The molecule has 0 saturated heterocycles. The Morgan fingerprint density at radius 3 is 2.64 bits per heavy atom. The van der Waals surface area contributed by atoms with Crippen molar-refractivity contribution in [3.8, 4) is 11.8 Å². The van der Waals surface area contributed by atoms with Crippen LogP contribution in [-0.4, -0.2) is 37.5 Å². The van der Waals surface area contributed by atoms with Crippen molar-refractivity contribution in [1.29, 1.82) is 0 Å². The Bertz CT molecular complexity index is 227. The number of nitrogens with one attached hydrogen (secondary N) is 1. The summed E-state index contributed by atoms with van der Waals surface area (Å²) in [5, 5.41) is 2.86. The van der Waals surface area contributed by atoms with E-state index in [0.29, 0.717) is 6.54 Å². The SMILES string of the molecule is CC#CC(C)CN(CC)C(=O)CNC. The van der Waals surface area contributed by atoms with Crippen molar-refractivity contribution in [3.05, 3.63) is 0 Å². The van der Waals surface area contributed by atoms with Crippen LogP contribution < -0.4 is 5.32 Å². The fourth-order valence-corrected chi connectivity index (χ4v) is 1.29. The van der Waals surface area contributed by atoms with Crippen molar-refractivity contribution in [2.24, 2.45) is 5.92 Å². The van der Waals surface area contributed by atoms with Crippen LogP contribution >= 0.6 is 0 Å². The molecule has 1 N–H and O–H groups in total. The first kappa shape index (κ1) is 13.0. The molecular weight excluding hydrogens is 176 g/mol. The molecule has 0 rings (SSSR count). The summed E-state index contributed by atoms with van der Waals surface area (Å²) in [5.41, 5.74) is 0. The van der Waals surface area contributed by atoms with E-state index in [4.69, 9.17) is 0 Å². The number of nitrogens with zero attached hydrogens (tertiary/aromatic N) is 1. The molecule has 0 heterocycles. The molecule has 0 bridgehead atoms. The molecule has 0 radical (unpaired) electrons. The molecule has 3 nitrogen and oxygen atoms in total. The second-order valence-corrected chi connectivity index (χ2v) is 3.26. The highest BCUT2D eigenvalue weighted by molar-refractivity contribution is 5.78. The van der Waals surface area contributed by atoms with Crippen LogP contribution in [0.25, 0.3) is 0 Å². The number of hydrogen-bond donors (Lipinski definition) is 1. The smallest absolute Gasteiger partial charge is 0.236 e. The van der Waals surface area contributed by atoms with Crippen molar-refractivity contribution in [2.45, 2.75) is 20.8 Å². The third-order valence-corrected chi connectivity index (χ3v) is 1.95. The predicted octanol–water partition coefficient (Wildman–Crippen LogP) is 0.714. The molecule has 80 valence electrons. The summed E-state index contributed by atoms with van der Waals surface area (Å²) in [4.78, 5) is 13.4. The molecule has 3 heteroatoms. The molecule has 0 aliphatic carbocycles. The maximum atomic E-state index is 11.5. The van der Waals surface area contributed by atoms with Crippen LogP contribution in [0, 0.1) is 17.8 Å². The lowest BCUT2D eigenvalue weighted by atomic mass is 10.1. The molecule has 0 spiro atoms. The molecule has 0 aliphatic rings. The summed E-state index contributed by atoms with van der Waals surface area (Å²) >= 11 is 0. The topological polar surface area (TPSA) is 32.3 Å². The molecule has 14 heavy (non-hydrogen) atoms. The molecule has 0 aromatic carbocycles. The van der Waals surface area contributed by atoms with Crippen LogP contribution in [-0.2, 0) is 4.79 Å². The van der Waals surface area contributed by atoms with Crippen LogP contribution in [0.1, 0.15) is 20.8 Å². The van der Waals surface area contributed by atoms with Gasteiger partial charge in [0.05, 0.1) is 6.54 Å². The third kappa shape index (κ3) is 4.88. The highest BCUT2D eigenvalue weighted by Gasteiger charge is 2.12. The van der Waals surface area contributed by atoms with Gasteiger partial charge in [-0.15, -0.1) is 5.92 Å². The first-order chi connectivity index (χ1) is 6.65. The van der Waals surface area contributed by atoms with Gasteiger partial charge in [0.1, 0.15) is 0 Å². The first-order valence-corrected chi connectivity index (χ1v) is 5.00. The third-order valence-electron chi connectivity index (χ3n) is 1.95. The van der Waals surface area contributed by atoms with E-state index in [1.807, 2.05) is 25.7 Å². The van der Waals surface area contributed by atoms with Crippen molar-refractivity contribution >= 4 is 5.91 Å². The van der Waals surface area contributed by atoms with E-state index in [0.717, 1.165) is 13.1 Å². The lowest BCUT2D eigenvalue weighted by Crippen LogP contribution is -2.39. The summed E-state index contributed by atoms with van der Waals surface area (Å²) in [6, 6.07) is 0. The first-order valence-electron chi connectivity index (χ1n) is 5.00. The summed E-state index contributed by atoms with van der Waals surface area (Å²) in [7, 11) is 1.78. The molecule has 0 aromatic heterocycles. The number of rotatable bonds is 5. The van der Waals surface area contributed by atoms with Gasteiger partial charge in [-0.1, -0.05) is 5.92 Å². The lowest BCUT2D eigenvalue weighted by Gasteiger charge is -2.22. The average Bonchev–Trinajstić information content (AvgIpc) is 2.15. The van der Waals surface area contributed by atoms with Gasteiger partial charge in [-0.2, -0.15) is 0 Å². The summed E-state index contributed by atoms with van der Waals surface area (Å²) in [5.74, 6) is 6.30. The van der Waals surface area contributed by atoms with Gasteiger partial charge >= 0.3 is 0 Å². The van der Waals surface area contributed by atoms with Crippen LogP contribution in [0.2, 0.25) is 0 Å². The standard InChI is InChI=1S/C11H20N2O/c1-5-7-10(3)9-13(6-2)11(14)8-12-4/h10,12H,6,8-9H2,1-4H3. The van der Waals surface area contributed by atoms with Gasteiger partial charge in [0.25, 0.3) is 0 Å². The Hall–Kier alpha value is -1.01. The molecule has 0 aromatic rings. The molecular formula is C11H20N2O. The zero-order chi connectivity index (χ0) is 11.0. The van der Waals surface area contributed by atoms with E-state index < -0.39 is 0 Å². The molecule has 1 atom stereocenters. The van der Waals surface area contributed by atoms with E-state index in [1.54, 1.807) is 7.05 Å². The van der Waals surface area contributed by atoms with E-state index >= 15 is 0 Å². The molecule has 1 amide bonds. The van der Waals surface area contributed by atoms with E-state index in [9.17, 15) is 4.79 Å². The maximum absolute atomic E-state index is 11.5. The van der Waals surface area contributed by atoms with Crippen LogP contribution in [0.3, 0.4) is 0 Å². The molecule has 1 unspecified atom stereocenters. The fourth-order valence-electron chi connectivity index (χ4n) is 1.29. The summed E-state index contributed by atoms with van der Waals surface area (Å²) in [6.45, 7) is 7.71. The van der Waals surface area contributed by atoms with E-state index in [-0.39, 0.29) is 11.8 Å². The van der Waals surface area contributed by atoms with Gasteiger partial charge < -0.3 is 10.2 Å². The molecule has 0 aliphatic heterocycles. The number of amides is 1. The van der Waals surface area contributed by atoms with Gasteiger partial charge in [0.15, 0.2) is 0 Å². The van der Waals surface area contributed by atoms with Gasteiger partial charge in [-0.05, 0) is 27.8 Å². The molecule has 0 fully saturated rings. The minimum absolute atomic E-state index is 0.139. The van der Waals surface area contributed by atoms with Gasteiger partial charge in [0.2, 0.25) is 5.91 Å². The molecule has 0 saturated carbocycles. The maximum Gasteiger partial charge on any atom is 0.236 e. The number of carbonyl (C=O) groups excluding carboxylic acids is 1. The van der Waals surface area contributed by atoms with Crippen molar-refractivity contribution in [1.82, 2.24) is 10.2 Å². The average molecular weight is 196 g/mol. The largest absolute Gasteiger partial charge is 0.341 e. The van der Waals surface area contributed by atoms with Crippen molar-refractivity contribution in [2.75, 3.05) is 26.7 Å². The number of hydrogen-bond acceptors (Lipinski definition) is 2. The number of likely N-dealkylation sites (N-methyl/N-ethyl adjacent to an activating group) is 2. The number of carbonyl (C=O) groups is 1. The second kappa shape index (κ2) is 7.40. The second-order valence-electron chi connectivity index (χ2n) is 3.26. The normalized spacial score (nSPS) is 11.4. The Balaban J connectivity index is 4.11. The predicted molar refractivity (Wildman–Crippen MR) is 58.8 cm³/mol. The lowest BCUT2D eigenvalue weighted by molar-refractivity contribution is -0.130. The minimum atomic E-state index is 0.139. The van der Waals surface area contributed by atoms with Crippen LogP contribution in [0.15, 0.2) is 0 Å². The zero-order valence-electron chi connectivity index (χ0n) is 9.55. The van der Waals surface area contributed by atoms with Crippen LogP contribution in [0.5, 0.6) is 0 Å². The van der Waals surface area contributed by atoms with Gasteiger partial charge in [0, 0.05) is 19.0 Å². The Morgan fingerprint density at radius 1 is 1.57 bits per heavy atom. The van der Waals surface area contributed by atoms with Crippen molar-refractivity contribution < 1.29 is 4.79 Å². The Kier molecular flexibility index (Phi) is 6.87. The van der Waals surface area contributed by atoms with Gasteiger partial charge in [-0.3, -0.25) is 4.79 Å².